The van der Waals surface area contributed by atoms with Crippen molar-refractivity contribution in [2.24, 2.45) is 5.73 Å². The number of fused-ring (bicyclic) bond motifs is 1. The molecule has 0 atom stereocenters. The van der Waals surface area contributed by atoms with E-state index >= 15 is 0 Å². The fraction of sp³-hybridized carbons (Fsp3) is 0. The van der Waals surface area contributed by atoms with Crippen molar-refractivity contribution in [3.8, 4) is 0 Å². The molecule has 0 radical (unpaired) electrons. The van der Waals surface area contributed by atoms with Gasteiger partial charge in [-0.25, -0.2) is 9.97 Å². The van der Waals surface area contributed by atoms with Gasteiger partial charge in [-0.1, -0.05) is 18.2 Å². The minimum Gasteiger partial charge on any atom is -0.363 e. The van der Waals surface area contributed by atoms with Crippen molar-refractivity contribution < 1.29 is 6.22 Å². The lowest BCUT2D eigenvalue weighted by Crippen LogP contribution is -2.14. The molecule has 4 nitrogen and oxygen atoms in total. The van der Waals surface area contributed by atoms with Crippen LogP contribution in [-0.2, 0) is 0 Å². The van der Waals surface area contributed by atoms with Crippen LogP contribution in [-0.4, -0.2) is 15.9 Å². The Morgan fingerprint density at radius 2 is 2.15 bits per heavy atom. The molecule has 0 fully saturated rings. The van der Waals surface area contributed by atoms with E-state index in [0.29, 0.717) is 0 Å². The molecule has 0 saturated heterocycles. The molecular weight excluding hydrogens is 166 g/mol. The summed E-state index contributed by atoms with van der Waals surface area (Å²) >= 11 is 0. The van der Waals surface area contributed by atoms with Crippen molar-refractivity contribution in [2.45, 2.75) is 0 Å². The van der Waals surface area contributed by atoms with E-state index in [1.165, 1.54) is 0 Å². The lowest BCUT2D eigenvalue weighted by atomic mass is 10.2. The average molecular weight is 174 g/mol. The smallest absolute Gasteiger partial charge is 0.363 e. The van der Waals surface area contributed by atoms with Crippen molar-refractivity contribution >= 4 is 16.8 Å². The van der Waals surface area contributed by atoms with E-state index in [1.54, 1.807) is 6.20 Å². The van der Waals surface area contributed by atoms with Crippen LogP contribution in [0.4, 0.5) is 0 Å². The van der Waals surface area contributed by atoms with E-state index in [1.807, 2.05) is 24.3 Å². The highest BCUT2D eigenvalue weighted by Gasteiger charge is 2.03. The third kappa shape index (κ3) is 1.33. The van der Waals surface area contributed by atoms with Gasteiger partial charge in [-0.15, -0.1) is 0 Å². The van der Waals surface area contributed by atoms with Gasteiger partial charge in [0, 0.05) is 11.6 Å². The average Bonchev–Trinajstić information content (AvgIpc) is 2.17. The fourth-order valence-corrected chi connectivity index (χ4v) is 1.09. The molecule has 2 rings (SSSR count). The summed E-state index contributed by atoms with van der Waals surface area (Å²) in [5, 5.41) is 0.896. The van der Waals surface area contributed by atoms with Crippen LogP contribution in [0.5, 0.6) is 0 Å². The molecular formula is C9H8N3O+. The second-order valence-corrected chi connectivity index (χ2v) is 2.62. The molecule has 0 saturated carbocycles. The Balaban J connectivity index is 0.000000980. The minimum atomic E-state index is -0.606. The molecule has 1 aromatic heterocycles. The number of amides is 1. The second kappa shape index (κ2) is 2.82. The first-order chi connectivity index (χ1) is 6.27. The summed E-state index contributed by atoms with van der Waals surface area (Å²) in [5.74, 6) is -0.551. The van der Waals surface area contributed by atoms with E-state index in [-0.39, 0.29) is 7.25 Å². The molecule has 0 unspecified atom stereocenters. The number of aromatic nitrogens is 2. The predicted molar refractivity (Wildman–Crippen MR) is 49.2 cm³/mol. The molecule has 13 heavy (non-hydrogen) atoms. The van der Waals surface area contributed by atoms with Crippen LogP contribution >= 0.6 is 0 Å². The maximum Gasteiger partial charge on any atom is 1.00 e. The molecule has 0 aliphatic carbocycles. The third-order valence-electron chi connectivity index (χ3n) is 1.71. The Morgan fingerprint density at radius 3 is 2.92 bits per heavy atom. The van der Waals surface area contributed by atoms with Crippen molar-refractivity contribution in [1.82, 2.24) is 9.97 Å². The van der Waals surface area contributed by atoms with Crippen molar-refractivity contribution in [1.29, 1.82) is 0 Å². The van der Waals surface area contributed by atoms with Crippen LogP contribution in [0.2, 0.25) is 0 Å². The highest BCUT2D eigenvalue weighted by atomic mass is 16.1. The van der Waals surface area contributed by atoms with E-state index in [4.69, 9.17) is 5.73 Å². The highest BCUT2D eigenvalue weighted by Crippen LogP contribution is 2.08. The zero-order chi connectivity index (χ0) is 9.26. The highest BCUT2D eigenvalue weighted by molar-refractivity contribution is 5.91. The number of nitrogens with zero attached hydrogens (tertiary/aromatic N) is 2. The zero-order valence-electron chi connectivity index (χ0n) is 7.77. The summed E-state index contributed by atoms with van der Waals surface area (Å²) in [6.45, 7) is 0. The molecule has 1 amide bonds. The first kappa shape index (κ1) is 7.67. The van der Waals surface area contributed by atoms with Crippen LogP contribution in [0.15, 0.2) is 30.5 Å². The summed E-state index contributed by atoms with van der Waals surface area (Å²) in [4.78, 5) is 18.6. The Kier molecular flexibility index (Phi) is 1.66. The minimum absolute atomic E-state index is 0. The van der Waals surface area contributed by atoms with E-state index in [9.17, 15) is 4.79 Å². The lowest BCUT2D eigenvalue weighted by molar-refractivity contribution is 0.0991. The molecule has 0 bridgehead atoms. The topological polar surface area (TPSA) is 68.9 Å². The van der Waals surface area contributed by atoms with Gasteiger partial charge < -0.3 is 5.73 Å². The molecule has 64 valence electrons. The van der Waals surface area contributed by atoms with Gasteiger partial charge in [-0.2, -0.15) is 0 Å². The lowest BCUT2D eigenvalue weighted by Gasteiger charge is -1.96. The van der Waals surface area contributed by atoms with E-state index in [0.717, 1.165) is 10.9 Å². The quantitative estimate of drug-likeness (QED) is 0.696. The molecule has 2 aromatic rings. The standard InChI is InChI=1S/C9H7N3O/c10-8(13)9-11-5-6-3-1-2-4-7(6)12-9/h1-5H,(H2,10,13)/p+1. The summed E-state index contributed by atoms with van der Waals surface area (Å²) < 4.78 is 0. The summed E-state index contributed by atoms with van der Waals surface area (Å²) in [6.07, 6.45) is 1.59. The molecule has 0 aliphatic rings. The number of primary amides is 1. The monoisotopic (exact) mass is 174 g/mol. The second-order valence-electron chi connectivity index (χ2n) is 2.62. The Hall–Kier alpha value is -1.97. The number of benzene rings is 1. The Bertz CT molecular complexity index is 472. The van der Waals surface area contributed by atoms with Crippen molar-refractivity contribution in [3.63, 3.8) is 0 Å². The molecule has 0 aliphatic heterocycles. The van der Waals surface area contributed by atoms with Crippen molar-refractivity contribution in [3.05, 3.63) is 36.3 Å². The largest absolute Gasteiger partial charge is 1.00 e. The SMILES string of the molecule is NC(=O)c1ncc2ccccc2n1.[H+]. The summed E-state index contributed by atoms with van der Waals surface area (Å²) in [6, 6.07) is 7.42. The van der Waals surface area contributed by atoms with Gasteiger partial charge in [-0.3, -0.25) is 4.79 Å². The van der Waals surface area contributed by atoms with Crippen LogP contribution < -0.4 is 5.73 Å². The number of nitrogens with two attached hydrogens (primary N) is 1. The predicted octanol–water partition coefficient (Wildman–Crippen LogP) is 0.841. The third-order valence-corrected chi connectivity index (χ3v) is 1.71. The van der Waals surface area contributed by atoms with Gasteiger partial charge in [0.1, 0.15) is 0 Å². The fourth-order valence-electron chi connectivity index (χ4n) is 1.09. The van der Waals surface area contributed by atoms with Gasteiger partial charge in [0.05, 0.1) is 5.52 Å². The first-order valence-corrected chi connectivity index (χ1v) is 3.79. The maximum atomic E-state index is 10.7. The van der Waals surface area contributed by atoms with Gasteiger partial charge in [0.25, 0.3) is 5.91 Å². The number of hydrogen-bond acceptors (Lipinski definition) is 3. The Labute approximate surface area is 75.9 Å². The normalized spacial score (nSPS) is 10.2. The zero-order valence-corrected chi connectivity index (χ0v) is 6.77. The molecule has 1 aromatic carbocycles. The molecule has 4 heteroatoms. The molecule has 0 spiro atoms. The number of carbonyl (C=O) groups is 1. The van der Waals surface area contributed by atoms with Gasteiger partial charge >= 0.3 is 1.43 Å². The van der Waals surface area contributed by atoms with Gasteiger partial charge in [-0.05, 0) is 6.07 Å². The van der Waals surface area contributed by atoms with Gasteiger partial charge in [0.15, 0.2) is 0 Å². The number of para-hydroxylation sites is 1. The van der Waals surface area contributed by atoms with E-state index < -0.39 is 5.91 Å². The van der Waals surface area contributed by atoms with Crippen LogP contribution in [0, 0.1) is 0 Å². The van der Waals surface area contributed by atoms with Crippen LogP contribution in [0.25, 0.3) is 10.9 Å². The van der Waals surface area contributed by atoms with Gasteiger partial charge in [0.2, 0.25) is 5.82 Å². The van der Waals surface area contributed by atoms with Crippen molar-refractivity contribution in [2.75, 3.05) is 0 Å². The number of rotatable bonds is 1. The van der Waals surface area contributed by atoms with Crippen LogP contribution in [0.1, 0.15) is 12.0 Å². The number of carbonyl (C=O) groups excluding carboxylic acids is 1. The molecule has 2 N–H and O–H groups in total. The van der Waals surface area contributed by atoms with E-state index in [2.05, 4.69) is 9.97 Å². The summed E-state index contributed by atoms with van der Waals surface area (Å²) in [5.41, 5.74) is 5.77. The first-order valence-electron chi connectivity index (χ1n) is 3.79. The van der Waals surface area contributed by atoms with Crippen LogP contribution in [0.3, 0.4) is 0 Å². The molecule has 1 heterocycles. The summed E-state index contributed by atoms with van der Waals surface area (Å²) in [7, 11) is 0. The Morgan fingerprint density at radius 1 is 1.38 bits per heavy atom. The maximum absolute atomic E-state index is 10.7. The number of hydrogen-bond donors (Lipinski definition) is 1.